The summed E-state index contributed by atoms with van der Waals surface area (Å²) >= 11 is 4.98. The normalized spacial score (nSPS) is 20.8. The molecule has 2 N–H and O–H groups in total. The fourth-order valence-corrected chi connectivity index (χ4v) is 2.19. The Bertz CT molecular complexity index is 391. The topological polar surface area (TPSA) is 72.4 Å². The predicted molar refractivity (Wildman–Crippen MR) is 62.0 cm³/mol. The molecule has 86 valence electrons. The van der Waals surface area contributed by atoms with Crippen molar-refractivity contribution in [3.05, 3.63) is 18.0 Å². The quantitative estimate of drug-likeness (QED) is 0.778. The van der Waals surface area contributed by atoms with Gasteiger partial charge in [-0.3, -0.25) is 4.79 Å². The van der Waals surface area contributed by atoms with E-state index in [2.05, 4.69) is 9.68 Å². The van der Waals surface area contributed by atoms with Crippen LogP contribution in [0.2, 0.25) is 0 Å². The zero-order chi connectivity index (χ0) is 11.5. The molecule has 1 saturated heterocycles. The zero-order valence-electron chi connectivity index (χ0n) is 8.76. The van der Waals surface area contributed by atoms with Gasteiger partial charge in [-0.2, -0.15) is 0 Å². The second-order valence-electron chi connectivity index (χ2n) is 3.80. The molecule has 0 spiro atoms. The van der Waals surface area contributed by atoms with Gasteiger partial charge in [0.25, 0.3) is 5.91 Å². The molecule has 1 unspecified atom stereocenters. The molecule has 1 fully saturated rings. The molecule has 1 aromatic rings. The van der Waals surface area contributed by atoms with Gasteiger partial charge in [0.1, 0.15) is 6.26 Å². The van der Waals surface area contributed by atoms with E-state index in [4.69, 9.17) is 18.0 Å². The summed E-state index contributed by atoms with van der Waals surface area (Å²) in [6.07, 6.45) is 4.24. The number of aromatic nitrogens is 1. The number of carbonyl (C=O) groups is 1. The lowest BCUT2D eigenvalue weighted by atomic mass is 10.0. The van der Waals surface area contributed by atoms with Crippen LogP contribution in [0, 0.1) is 0 Å². The molecule has 1 aliphatic rings. The number of thiocarbonyl (C=S) groups is 1. The second-order valence-corrected chi connectivity index (χ2v) is 4.27. The van der Waals surface area contributed by atoms with Crippen LogP contribution in [0.3, 0.4) is 0 Å². The SMILES string of the molecule is NC(=S)C1CCCCN1C(=O)c1ccon1. The average Bonchev–Trinajstić information content (AvgIpc) is 2.81. The van der Waals surface area contributed by atoms with Gasteiger partial charge in [0, 0.05) is 12.6 Å². The molecule has 16 heavy (non-hydrogen) atoms. The van der Waals surface area contributed by atoms with Gasteiger partial charge < -0.3 is 15.2 Å². The number of nitrogens with zero attached hydrogens (tertiary/aromatic N) is 2. The first-order valence-electron chi connectivity index (χ1n) is 5.21. The number of hydrogen-bond donors (Lipinski definition) is 1. The smallest absolute Gasteiger partial charge is 0.276 e. The highest BCUT2D eigenvalue weighted by atomic mass is 32.1. The van der Waals surface area contributed by atoms with Crippen molar-refractivity contribution >= 4 is 23.1 Å². The Morgan fingerprint density at radius 2 is 2.44 bits per heavy atom. The van der Waals surface area contributed by atoms with Crippen molar-refractivity contribution < 1.29 is 9.32 Å². The van der Waals surface area contributed by atoms with E-state index in [1.807, 2.05) is 0 Å². The highest BCUT2D eigenvalue weighted by Crippen LogP contribution is 2.19. The summed E-state index contributed by atoms with van der Waals surface area (Å²) in [7, 11) is 0. The van der Waals surface area contributed by atoms with Crippen molar-refractivity contribution in [3.8, 4) is 0 Å². The first-order valence-corrected chi connectivity index (χ1v) is 5.61. The van der Waals surface area contributed by atoms with Gasteiger partial charge in [-0.25, -0.2) is 0 Å². The van der Waals surface area contributed by atoms with Crippen LogP contribution in [0.4, 0.5) is 0 Å². The molecule has 5 nitrogen and oxygen atoms in total. The van der Waals surface area contributed by atoms with E-state index in [1.54, 1.807) is 11.0 Å². The largest absolute Gasteiger partial charge is 0.392 e. The minimum Gasteiger partial charge on any atom is -0.392 e. The van der Waals surface area contributed by atoms with Crippen LogP contribution < -0.4 is 5.73 Å². The first kappa shape index (κ1) is 11.1. The van der Waals surface area contributed by atoms with E-state index >= 15 is 0 Å². The number of hydrogen-bond acceptors (Lipinski definition) is 4. The maximum absolute atomic E-state index is 12.1. The van der Waals surface area contributed by atoms with Crippen LogP contribution in [0.5, 0.6) is 0 Å². The van der Waals surface area contributed by atoms with Crippen LogP contribution >= 0.6 is 12.2 Å². The van der Waals surface area contributed by atoms with Crippen LogP contribution in [0.15, 0.2) is 16.9 Å². The summed E-state index contributed by atoms with van der Waals surface area (Å²) in [5, 5.41) is 3.63. The third-order valence-electron chi connectivity index (χ3n) is 2.75. The summed E-state index contributed by atoms with van der Waals surface area (Å²) in [6, 6.07) is 1.40. The van der Waals surface area contributed by atoms with Gasteiger partial charge in [0.15, 0.2) is 5.69 Å². The lowest BCUT2D eigenvalue weighted by Crippen LogP contribution is -2.49. The van der Waals surface area contributed by atoms with Crippen LogP contribution in [0.1, 0.15) is 29.8 Å². The van der Waals surface area contributed by atoms with Gasteiger partial charge in [0.05, 0.1) is 11.0 Å². The number of piperidine rings is 1. The summed E-state index contributed by atoms with van der Waals surface area (Å²) in [4.78, 5) is 14.1. The van der Waals surface area contributed by atoms with Crippen molar-refractivity contribution in [2.24, 2.45) is 5.73 Å². The van der Waals surface area contributed by atoms with Gasteiger partial charge in [0.2, 0.25) is 0 Å². The maximum atomic E-state index is 12.1. The van der Waals surface area contributed by atoms with Crippen molar-refractivity contribution in [2.75, 3.05) is 6.54 Å². The molecule has 1 amide bonds. The van der Waals surface area contributed by atoms with Gasteiger partial charge in [-0.1, -0.05) is 17.4 Å². The van der Waals surface area contributed by atoms with E-state index in [1.165, 1.54) is 6.26 Å². The summed E-state index contributed by atoms with van der Waals surface area (Å²) in [6.45, 7) is 0.674. The molecule has 0 aliphatic carbocycles. The highest BCUT2D eigenvalue weighted by molar-refractivity contribution is 7.80. The number of likely N-dealkylation sites (tertiary alicyclic amines) is 1. The van der Waals surface area contributed by atoms with Crippen molar-refractivity contribution in [2.45, 2.75) is 25.3 Å². The summed E-state index contributed by atoms with van der Waals surface area (Å²) < 4.78 is 4.66. The third-order valence-corrected chi connectivity index (χ3v) is 3.02. The Labute approximate surface area is 98.6 Å². The van der Waals surface area contributed by atoms with E-state index in [0.29, 0.717) is 17.2 Å². The van der Waals surface area contributed by atoms with Crippen molar-refractivity contribution in [1.82, 2.24) is 10.1 Å². The van der Waals surface area contributed by atoms with Gasteiger partial charge in [-0.05, 0) is 19.3 Å². The van der Waals surface area contributed by atoms with Crippen LogP contribution in [0.25, 0.3) is 0 Å². The Morgan fingerprint density at radius 1 is 1.62 bits per heavy atom. The molecule has 0 saturated carbocycles. The van der Waals surface area contributed by atoms with Crippen molar-refractivity contribution in [1.29, 1.82) is 0 Å². The van der Waals surface area contributed by atoms with Crippen LogP contribution in [-0.4, -0.2) is 33.5 Å². The molecule has 0 aromatic carbocycles. The molecule has 0 radical (unpaired) electrons. The monoisotopic (exact) mass is 239 g/mol. The van der Waals surface area contributed by atoms with Gasteiger partial charge >= 0.3 is 0 Å². The maximum Gasteiger partial charge on any atom is 0.276 e. The van der Waals surface area contributed by atoms with E-state index < -0.39 is 0 Å². The first-order chi connectivity index (χ1) is 7.70. The zero-order valence-corrected chi connectivity index (χ0v) is 9.57. The van der Waals surface area contributed by atoms with Crippen LogP contribution in [-0.2, 0) is 0 Å². The molecule has 1 aromatic heterocycles. The minimum absolute atomic E-state index is 0.145. The lowest BCUT2D eigenvalue weighted by Gasteiger charge is -2.34. The van der Waals surface area contributed by atoms with Gasteiger partial charge in [-0.15, -0.1) is 0 Å². The molecule has 0 bridgehead atoms. The third kappa shape index (κ3) is 2.06. The van der Waals surface area contributed by atoms with E-state index in [9.17, 15) is 4.79 Å². The molecule has 1 aliphatic heterocycles. The van der Waals surface area contributed by atoms with E-state index in [-0.39, 0.29) is 11.9 Å². The Morgan fingerprint density at radius 3 is 3.06 bits per heavy atom. The second kappa shape index (κ2) is 4.61. The minimum atomic E-state index is -0.161. The number of rotatable bonds is 2. The molecule has 2 rings (SSSR count). The molecule has 2 heterocycles. The van der Waals surface area contributed by atoms with E-state index in [0.717, 1.165) is 19.3 Å². The molecular weight excluding hydrogens is 226 g/mol. The standard InChI is InChI=1S/C10H13N3O2S/c11-9(16)8-3-1-2-5-13(8)10(14)7-4-6-15-12-7/h4,6,8H,1-3,5H2,(H2,11,16). The Kier molecular flexibility index (Phi) is 3.19. The molecular formula is C10H13N3O2S. The van der Waals surface area contributed by atoms with Crippen molar-refractivity contribution in [3.63, 3.8) is 0 Å². The Balaban J connectivity index is 2.17. The highest BCUT2D eigenvalue weighted by Gasteiger charge is 2.30. The molecule has 1 atom stereocenters. The lowest BCUT2D eigenvalue weighted by molar-refractivity contribution is 0.0671. The molecule has 6 heteroatoms. The number of amides is 1. The number of carbonyl (C=O) groups excluding carboxylic acids is 1. The summed E-state index contributed by atoms with van der Waals surface area (Å²) in [5.74, 6) is -0.161. The number of nitrogens with two attached hydrogens (primary N) is 1. The summed E-state index contributed by atoms with van der Waals surface area (Å²) in [5.41, 5.74) is 5.95. The fourth-order valence-electron chi connectivity index (χ4n) is 1.94. The average molecular weight is 239 g/mol. The Hall–Kier alpha value is -1.43. The predicted octanol–water partition coefficient (Wildman–Crippen LogP) is 0.955. The fraction of sp³-hybridized carbons (Fsp3) is 0.500.